The van der Waals surface area contributed by atoms with Crippen LogP contribution in [0.3, 0.4) is 0 Å². The lowest BCUT2D eigenvalue weighted by atomic mass is 10.0. The van der Waals surface area contributed by atoms with Gasteiger partial charge in [0.15, 0.2) is 0 Å². The van der Waals surface area contributed by atoms with Crippen molar-refractivity contribution in [3.63, 3.8) is 0 Å². The Kier molecular flexibility index (Phi) is 6.38. The summed E-state index contributed by atoms with van der Waals surface area (Å²) in [5, 5.41) is 14.1. The lowest BCUT2D eigenvalue weighted by Gasteiger charge is -2.20. The number of benzene rings is 1. The first kappa shape index (κ1) is 17.7. The molecular weight excluding hydrogens is 367 g/mol. The number of aliphatic carboxylic acids is 1. The largest absolute Gasteiger partial charge is 0.481 e. The zero-order valence-electron chi connectivity index (χ0n) is 12.6. The van der Waals surface area contributed by atoms with E-state index in [9.17, 15) is 14.0 Å². The van der Waals surface area contributed by atoms with Gasteiger partial charge in [-0.2, -0.15) is 0 Å². The molecule has 1 aliphatic carbocycles. The zero-order chi connectivity index (χ0) is 16.8. The van der Waals surface area contributed by atoms with Crippen LogP contribution < -0.4 is 10.6 Å². The lowest BCUT2D eigenvalue weighted by Crippen LogP contribution is -2.38. The van der Waals surface area contributed by atoms with Crippen LogP contribution in [-0.2, 0) is 4.79 Å². The molecule has 1 unspecified atom stereocenters. The van der Waals surface area contributed by atoms with Crippen LogP contribution in [0.25, 0.3) is 0 Å². The molecule has 0 aliphatic heterocycles. The molecule has 0 saturated heterocycles. The average molecular weight is 387 g/mol. The number of carbonyl (C=O) groups excluding carboxylic acids is 1. The molecule has 5 nitrogen and oxygen atoms in total. The number of rotatable bonds is 8. The molecule has 1 aromatic rings. The van der Waals surface area contributed by atoms with E-state index in [4.69, 9.17) is 5.11 Å². The molecule has 23 heavy (non-hydrogen) atoms. The molecule has 1 aliphatic rings. The number of carbonyl (C=O) groups is 2. The Bertz CT molecular complexity index is 558. The molecule has 0 bridgehead atoms. The highest BCUT2D eigenvalue weighted by Crippen LogP contribution is 2.38. The van der Waals surface area contributed by atoms with Gasteiger partial charge in [-0.05, 0) is 42.5 Å². The fourth-order valence-corrected chi connectivity index (χ4v) is 2.88. The standard InChI is InChI=1S/C16H20BrFN2O3/c17-12-7-11(8-13(18)9-12)14(6-10-3-4-10)20-16(23)19-5-1-2-15(21)22/h7-10,14H,1-6H2,(H,21,22)(H2,19,20,23). The van der Waals surface area contributed by atoms with E-state index in [2.05, 4.69) is 26.6 Å². The van der Waals surface area contributed by atoms with Gasteiger partial charge in [0.05, 0.1) is 6.04 Å². The van der Waals surface area contributed by atoms with Gasteiger partial charge in [-0.25, -0.2) is 9.18 Å². The Morgan fingerprint density at radius 3 is 2.70 bits per heavy atom. The van der Waals surface area contributed by atoms with Crippen LogP contribution in [-0.4, -0.2) is 23.7 Å². The van der Waals surface area contributed by atoms with E-state index in [-0.39, 0.29) is 24.3 Å². The van der Waals surface area contributed by atoms with Crippen LogP contribution in [0.15, 0.2) is 22.7 Å². The minimum Gasteiger partial charge on any atom is -0.481 e. The van der Waals surface area contributed by atoms with Crippen LogP contribution in [0.1, 0.15) is 43.7 Å². The highest BCUT2D eigenvalue weighted by atomic mass is 79.9. The zero-order valence-corrected chi connectivity index (χ0v) is 14.2. The normalized spacial score (nSPS) is 15.0. The summed E-state index contributed by atoms with van der Waals surface area (Å²) in [5.74, 6) is -0.670. The number of carboxylic acids is 1. The van der Waals surface area contributed by atoms with Crippen LogP contribution >= 0.6 is 15.9 Å². The van der Waals surface area contributed by atoms with Crippen LogP contribution in [0.2, 0.25) is 0 Å². The van der Waals surface area contributed by atoms with E-state index in [1.54, 1.807) is 6.07 Å². The first-order valence-corrected chi connectivity index (χ1v) is 8.45. The van der Waals surface area contributed by atoms with E-state index < -0.39 is 5.97 Å². The van der Waals surface area contributed by atoms with Crippen LogP contribution in [0.4, 0.5) is 9.18 Å². The Balaban J connectivity index is 1.92. The van der Waals surface area contributed by atoms with Crippen LogP contribution in [0, 0.1) is 11.7 Å². The van der Waals surface area contributed by atoms with E-state index in [1.807, 2.05) is 0 Å². The molecule has 0 aromatic heterocycles. The monoisotopic (exact) mass is 386 g/mol. The third-order valence-corrected chi connectivity index (χ3v) is 4.17. The van der Waals surface area contributed by atoms with Gasteiger partial charge in [0.2, 0.25) is 0 Å². The molecule has 2 amide bonds. The van der Waals surface area contributed by atoms with Crippen molar-refractivity contribution in [1.29, 1.82) is 0 Å². The van der Waals surface area contributed by atoms with Gasteiger partial charge >= 0.3 is 12.0 Å². The summed E-state index contributed by atoms with van der Waals surface area (Å²) in [6.45, 7) is 0.293. The smallest absolute Gasteiger partial charge is 0.315 e. The number of carboxylic acid groups (broad SMARTS) is 1. The maximum atomic E-state index is 13.6. The summed E-state index contributed by atoms with van der Waals surface area (Å²) in [6.07, 6.45) is 3.44. The topological polar surface area (TPSA) is 78.4 Å². The average Bonchev–Trinajstić information content (AvgIpc) is 3.25. The first-order chi connectivity index (χ1) is 10.9. The summed E-state index contributed by atoms with van der Waals surface area (Å²) in [7, 11) is 0. The molecule has 1 aromatic carbocycles. The van der Waals surface area contributed by atoms with Gasteiger partial charge < -0.3 is 15.7 Å². The third kappa shape index (κ3) is 6.56. The molecule has 1 saturated carbocycles. The predicted octanol–water partition coefficient (Wildman–Crippen LogP) is 3.59. The molecular formula is C16H20BrFN2O3. The highest BCUT2D eigenvalue weighted by Gasteiger charge is 2.27. The molecule has 126 valence electrons. The first-order valence-electron chi connectivity index (χ1n) is 7.66. The Morgan fingerprint density at radius 1 is 1.35 bits per heavy atom. The Morgan fingerprint density at radius 2 is 2.09 bits per heavy atom. The van der Waals surface area contributed by atoms with Gasteiger partial charge in [0.1, 0.15) is 5.82 Å². The summed E-state index contributed by atoms with van der Waals surface area (Å²) in [4.78, 5) is 22.4. The van der Waals surface area contributed by atoms with Crippen molar-refractivity contribution in [2.75, 3.05) is 6.54 Å². The van der Waals surface area contributed by atoms with Gasteiger partial charge in [0, 0.05) is 17.4 Å². The number of urea groups is 1. The maximum absolute atomic E-state index is 13.6. The van der Waals surface area contributed by atoms with Gasteiger partial charge in [0.25, 0.3) is 0 Å². The van der Waals surface area contributed by atoms with E-state index in [1.165, 1.54) is 12.1 Å². The van der Waals surface area contributed by atoms with Crippen molar-refractivity contribution in [3.8, 4) is 0 Å². The third-order valence-electron chi connectivity index (χ3n) is 3.71. The fraction of sp³-hybridized carbons (Fsp3) is 0.500. The number of amides is 2. The molecule has 1 atom stereocenters. The molecule has 2 rings (SSSR count). The molecule has 0 radical (unpaired) electrons. The van der Waals surface area contributed by atoms with Crippen molar-refractivity contribution in [3.05, 3.63) is 34.1 Å². The lowest BCUT2D eigenvalue weighted by molar-refractivity contribution is -0.137. The summed E-state index contributed by atoms with van der Waals surface area (Å²) >= 11 is 3.27. The molecule has 0 heterocycles. The van der Waals surface area contributed by atoms with Crippen molar-refractivity contribution in [2.24, 2.45) is 5.92 Å². The fourth-order valence-electron chi connectivity index (χ4n) is 2.39. The molecule has 1 fully saturated rings. The van der Waals surface area contributed by atoms with E-state index in [0.717, 1.165) is 24.8 Å². The number of halogens is 2. The van der Waals surface area contributed by atoms with Crippen molar-refractivity contribution in [1.82, 2.24) is 10.6 Å². The molecule has 0 spiro atoms. The van der Waals surface area contributed by atoms with Gasteiger partial charge in [-0.3, -0.25) is 4.79 Å². The minimum absolute atomic E-state index is 0.0165. The van der Waals surface area contributed by atoms with Gasteiger partial charge in [-0.1, -0.05) is 28.8 Å². The van der Waals surface area contributed by atoms with Crippen molar-refractivity contribution in [2.45, 2.75) is 38.1 Å². The second kappa shape index (κ2) is 8.29. The van der Waals surface area contributed by atoms with Crippen molar-refractivity contribution >= 4 is 27.9 Å². The predicted molar refractivity (Wildman–Crippen MR) is 87.6 cm³/mol. The summed E-state index contributed by atoms with van der Waals surface area (Å²) < 4.78 is 14.2. The summed E-state index contributed by atoms with van der Waals surface area (Å²) in [5.41, 5.74) is 0.726. The molecule has 7 heteroatoms. The quantitative estimate of drug-likeness (QED) is 0.597. The SMILES string of the molecule is O=C(O)CCCNC(=O)NC(CC1CC1)c1cc(F)cc(Br)c1. The van der Waals surface area contributed by atoms with Crippen molar-refractivity contribution < 1.29 is 19.1 Å². The summed E-state index contributed by atoms with van der Waals surface area (Å²) in [6, 6.07) is 4.00. The van der Waals surface area contributed by atoms with Crippen LogP contribution in [0.5, 0.6) is 0 Å². The molecule has 3 N–H and O–H groups in total. The minimum atomic E-state index is -0.886. The van der Waals surface area contributed by atoms with E-state index >= 15 is 0 Å². The maximum Gasteiger partial charge on any atom is 0.315 e. The second-order valence-corrected chi connectivity index (χ2v) is 6.75. The number of nitrogens with one attached hydrogen (secondary N) is 2. The van der Waals surface area contributed by atoms with Gasteiger partial charge in [-0.15, -0.1) is 0 Å². The Hall–Kier alpha value is -1.63. The Labute approximate surface area is 142 Å². The van der Waals surface area contributed by atoms with E-state index in [0.29, 0.717) is 23.4 Å². The number of hydrogen-bond donors (Lipinski definition) is 3. The highest BCUT2D eigenvalue weighted by molar-refractivity contribution is 9.10. The second-order valence-electron chi connectivity index (χ2n) is 5.83. The number of hydrogen-bond acceptors (Lipinski definition) is 2.